The minimum absolute atomic E-state index is 0.0392. The van der Waals surface area contributed by atoms with Crippen LogP contribution in [0.4, 0.5) is 13.2 Å². The molecule has 0 aliphatic carbocycles. The van der Waals surface area contributed by atoms with Gasteiger partial charge in [0.05, 0.1) is 12.2 Å². The van der Waals surface area contributed by atoms with Crippen LogP contribution in [-0.4, -0.2) is 32.1 Å². The van der Waals surface area contributed by atoms with Crippen molar-refractivity contribution in [2.24, 2.45) is 0 Å². The molecule has 1 rings (SSSR count). The van der Waals surface area contributed by atoms with Gasteiger partial charge in [-0.1, -0.05) is 15.9 Å². The van der Waals surface area contributed by atoms with Gasteiger partial charge >= 0.3 is 0 Å². The second-order valence-electron chi connectivity index (χ2n) is 3.35. The predicted octanol–water partition coefficient (Wildman–Crippen LogP) is 2.60. The fourth-order valence-corrected chi connectivity index (χ4v) is 1.54. The Bertz CT molecular complexity index is 415. The molecule has 18 heavy (non-hydrogen) atoms. The summed E-state index contributed by atoms with van der Waals surface area (Å²) in [6, 6.07) is 3.97. The molecule has 0 aliphatic heterocycles. The summed E-state index contributed by atoms with van der Waals surface area (Å²) in [7, 11) is 0. The Morgan fingerprint density at radius 1 is 1.44 bits per heavy atom. The van der Waals surface area contributed by atoms with E-state index in [1.54, 1.807) is 0 Å². The van der Waals surface area contributed by atoms with Gasteiger partial charge in [-0.3, -0.25) is 4.79 Å². The zero-order chi connectivity index (χ0) is 13.5. The molecule has 0 aliphatic rings. The number of carbonyl (C=O) groups is 1. The third-order valence-corrected chi connectivity index (χ3v) is 2.44. The zero-order valence-electron chi connectivity index (χ0n) is 9.26. The molecular weight excluding hydrogens is 315 g/mol. The summed E-state index contributed by atoms with van der Waals surface area (Å²) in [4.78, 5) is 11.5. The Kier molecular flexibility index (Phi) is 6.14. The van der Waals surface area contributed by atoms with E-state index in [-0.39, 0.29) is 18.7 Å². The van der Waals surface area contributed by atoms with Crippen LogP contribution in [0, 0.1) is 5.82 Å². The highest BCUT2D eigenvalue weighted by molar-refractivity contribution is 9.10. The van der Waals surface area contributed by atoms with Crippen LogP contribution in [0.3, 0.4) is 0 Å². The van der Waals surface area contributed by atoms with Gasteiger partial charge in [0.1, 0.15) is 12.4 Å². The molecule has 0 aromatic heterocycles. The van der Waals surface area contributed by atoms with E-state index in [1.807, 2.05) is 0 Å². The summed E-state index contributed by atoms with van der Waals surface area (Å²) in [5.41, 5.74) is -0.113. The molecule has 0 bridgehead atoms. The number of benzene rings is 1. The van der Waals surface area contributed by atoms with Crippen LogP contribution in [0.25, 0.3) is 0 Å². The fourth-order valence-electron chi connectivity index (χ4n) is 1.18. The number of hydrogen-bond donors (Lipinski definition) is 1. The van der Waals surface area contributed by atoms with Gasteiger partial charge in [0, 0.05) is 11.0 Å². The third-order valence-electron chi connectivity index (χ3n) is 1.95. The van der Waals surface area contributed by atoms with E-state index in [0.29, 0.717) is 4.47 Å². The smallest absolute Gasteiger partial charge is 0.261 e. The monoisotopic (exact) mass is 325 g/mol. The lowest BCUT2D eigenvalue weighted by Gasteiger charge is -2.07. The van der Waals surface area contributed by atoms with Crippen molar-refractivity contribution in [2.75, 3.05) is 19.8 Å². The van der Waals surface area contributed by atoms with Crippen molar-refractivity contribution in [3.63, 3.8) is 0 Å². The summed E-state index contributed by atoms with van der Waals surface area (Å²) in [5.74, 6) is -1.27. The van der Waals surface area contributed by atoms with Gasteiger partial charge in [-0.15, -0.1) is 0 Å². The standard InChI is InChI=1S/C11H11BrF3NO2/c12-7-1-2-9(13)8(5-7)11(17)16-3-4-18-6-10(14)15/h1-2,5,10H,3-4,6H2,(H,16,17). The maximum absolute atomic E-state index is 13.3. The molecule has 1 N–H and O–H groups in total. The molecule has 0 unspecified atom stereocenters. The average Bonchev–Trinajstić information content (AvgIpc) is 2.31. The van der Waals surface area contributed by atoms with E-state index < -0.39 is 24.8 Å². The van der Waals surface area contributed by atoms with Crippen molar-refractivity contribution >= 4 is 21.8 Å². The van der Waals surface area contributed by atoms with Gasteiger partial charge in [-0.05, 0) is 18.2 Å². The molecule has 1 aromatic carbocycles. The van der Waals surface area contributed by atoms with Crippen LogP contribution in [0.2, 0.25) is 0 Å². The largest absolute Gasteiger partial charge is 0.374 e. The normalized spacial score (nSPS) is 10.7. The summed E-state index contributed by atoms with van der Waals surface area (Å²) >= 11 is 3.12. The van der Waals surface area contributed by atoms with Crippen LogP contribution in [-0.2, 0) is 4.74 Å². The third kappa shape index (κ3) is 5.05. The van der Waals surface area contributed by atoms with Crippen molar-refractivity contribution < 1.29 is 22.7 Å². The van der Waals surface area contributed by atoms with Gasteiger partial charge < -0.3 is 10.1 Å². The summed E-state index contributed by atoms with van der Waals surface area (Å²) in [6.45, 7) is -0.690. The van der Waals surface area contributed by atoms with Crippen LogP contribution in [0.1, 0.15) is 10.4 Å². The van der Waals surface area contributed by atoms with Crippen LogP contribution in [0.15, 0.2) is 22.7 Å². The Balaban J connectivity index is 2.39. The number of nitrogens with one attached hydrogen (secondary N) is 1. The Morgan fingerprint density at radius 2 is 2.17 bits per heavy atom. The predicted molar refractivity (Wildman–Crippen MR) is 63.3 cm³/mol. The summed E-state index contributed by atoms with van der Waals surface area (Å²) < 4.78 is 41.9. The molecule has 0 saturated carbocycles. The molecule has 1 amide bonds. The highest BCUT2D eigenvalue weighted by atomic mass is 79.9. The molecule has 0 atom stereocenters. The van der Waals surface area contributed by atoms with Gasteiger partial charge in [-0.2, -0.15) is 0 Å². The van der Waals surface area contributed by atoms with Crippen LogP contribution >= 0.6 is 15.9 Å². The first-order chi connectivity index (χ1) is 8.50. The second-order valence-corrected chi connectivity index (χ2v) is 4.26. The lowest BCUT2D eigenvalue weighted by molar-refractivity contribution is 0.0188. The van der Waals surface area contributed by atoms with E-state index in [0.717, 1.165) is 6.07 Å². The first-order valence-corrected chi connectivity index (χ1v) is 5.89. The van der Waals surface area contributed by atoms with Gasteiger partial charge in [0.15, 0.2) is 0 Å². The quantitative estimate of drug-likeness (QED) is 0.816. The first-order valence-electron chi connectivity index (χ1n) is 5.10. The van der Waals surface area contributed by atoms with Crippen molar-refractivity contribution in [2.45, 2.75) is 6.43 Å². The van der Waals surface area contributed by atoms with Crippen molar-refractivity contribution in [3.8, 4) is 0 Å². The minimum Gasteiger partial charge on any atom is -0.374 e. The molecule has 0 saturated heterocycles. The zero-order valence-corrected chi connectivity index (χ0v) is 10.8. The van der Waals surface area contributed by atoms with Crippen LogP contribution in [0.5, 0.6) is 0 Å². The highest BCUT2D eigenvalue weighted by Crippen LogP contribution is 2.15. The summed E-state index contributed by atoms with van der Waals surface area (Å²) in [5, 5.41) is 2.37. The molecular formula is C11H11BrF3NO2. The van der Waals surface area contributed by atoms with E-state index in [2.05, 4.69) is 26.0 Å². The molecule has 0 radical (unpaired) electrons. The van der Waals surface area contributed by atoms with Crippen molar-refractivity contribution in [3.05, 3.63) is 34.1 Å². The Labute approximate surface area is 110 Å². The van der Waals surface area contributed by atoms with E-state index >= 15 is 0 Å². The van der Waals surface area contributed by atoms with Crippen molar-refractivity contribution in [1.82, 2.24) is 5.32 Å². The number of ether oxygens (including phenoxy) is 1. The fraction of sp³-hybridized carbons (Fsp3) is 0.364. The maximum Gasteiger partial charge on any atom is 0.261 e. The molecule has 3 nitrogen and oxygen atoms in total. The van der Waals surface area contributed by atoms with Gasteiger partial charge in [0.25, 0.3) is 12.3 Å². The van der Waals surface area contributed by atoms with Gasteiger partial charge in [0.2, 0.25) is 0 Å². The molecule has 7 heteroatoms. The number of halogens is 4. The molecule has 100 valence electrons. The number of alkyl halides is 2. The molecule has 1 aromatic rings. The van der Waals surface area contributed by atoms with Crippen LogP contribution < -0.4 is 5.32 Å². The first kappa shape index (κ1) is 15.0. The molecule has 0 heterocycles. The highest BCUT2D eigenvalue weighted by Gasteiger charge is 2.11. The maximum atomic E-state index is 13.3. The summed E-state index contributed by atoms with van der Waals surface area (Å²) in [6.07, 6.45) is -2.54. The second kappa shape index (κ2) is 7.38. The number of rotatable bonds is 6. The van der Waals surface area contributed by atoms with Gasteiger partial charge in [-0.25, -0.2) is 13.2 Å². The topological polar surface area (TPSA) is 38.3 Å². The van der Waals surface area contributed by atoms with E-state index in [4.69, 9.17) is 0 Å². The lowest BCUT2D eigenvalue weighted by atomic mass is 10.2. The average molecular weight is 326 g/mol. The Morgan fingerprint density at radius 3 is 2.83 bits per heavy atom. The molecule has 0 spiro atoms. The number of hydrogen-bond acceptors (Lipinski definition) is 2. The Hall–Kier alpha value is -1.08. The van der Waals surface area contributed by atoms with E-state index in [1.165, 1.54) is 12.1 Å². The SMILES string of the molecule is O=C(NCCOCC(F)F)c1cc(Br)ccc1F. The lowest BCUT2D eigenvalue weighted by Crippen LogP contribution is -2.28. The van der Waals surface area contributed by atoms with E-state index in [9.17, 15) is 18.0 Å². The number of amides is 1. The number of carbonyl (C=O) groups excluding carboxylic acids is 1. The molecule has 0 fully saturated rings. The van der Waals surface area contributed by atoms with Crippen molar-refractivity contribution in [1.29, 1.82) is 0 Å². The minimum atomic E-state index is -2.54.